The van der Waals surface area contributed by atoms with Crippen LogP contribution in [0.3, 0.4) is 0 Å². The minimum Gasteiger partial charge on any atom is -0.408 e. The number of carbonyl (C=O) groups is 1. The van der Waals surface area contributed by atoms with Crippen molar-refractivity contribution in [3.8, 4) is 0 Å². The number of hydrogen-bond donors (Lipinski definition) is 1. The molecule has 1 atom stereocenters. The first-order chi connectivity index (χ1) is 11.5. The molecule has 0 bridgehead atoms. The molecule has 0 aliphatic carbocycles. The zero-order valence-electron chi connectivity index (χ0n) is 13.6. The molecule has 7 nitrogen and oxygen atoms in total. The second kappa shape index (κ2) is 6.56. The highest BCUT2D eigenvalue weighted by molar-refractivity contribution is 7.15. The molecule has 1 unspecified atom stereocenters. The van der Waals surface area contributed by atoms with Crippen LogP contribution in [0.15, 0.2) is 33.5 Å². The van der Waals surface area contributed by atoms with E-state index in [-0.39, 0.29) is 5.91 Å². The summed E-state index contributed by atoms with van der Waals surface area (Å²) in [4.78, 5) is 24.5. The number of rotatable bonds is 5. The molecular formula is C16H18N4O3S. The largest absolute Gasteiger partial charge is 0.420 e. The van der Waals surface area contributed by atoms with Crippen LogP contribution in [0.5, 0.6) is 0 Å². The van der Waals surface area contributed by atoms with Crippen molar-refractivity contribution in [1.29, 1.82) is 0 Å². The molecule has 0 radical (unpaired) electrons. The lowest BCUT2D eigenvalue weighted by atomic mass is 10.1. The summed E-state index contributed by atoms with van der Waals surface area (Å²) in [5, 5.41) is 12.1. The molecule has 3 rings (SSSR count). The van der Waals surface area contributed by atoms with Gasteiger partial charge in [-0.3, -0.25) is 14.7 Å². The minimum absolute atomic E-state index is 0.337. The van der Waals surface area contributed by atoms with Crippen molar-refractivity contribution in [2.75, 3.05) is 5.32 Å². The quantitative estimate of drug-likeness (QED) is 0.767. The van der Waals surface area contributed by atoms with Gasteiger partial charge in [-0.15, -0.1) is 10.2 Å². The van der Waals surface area contributed by atoms with Gasteiger partial charge in [-0.1, -0.05) is 37.3 Å². The third-order valence-electron chi connectivity index (χ3n) is 3.57. The summed E-state index contributed by atoms with van der Waals surface area (Å²) in [5.41, 5.74) is 1.04. The van der Waals surface area contributed by atoms with Gasteiger partial charge in [0, 0.05) is 6.42 Å². The average molecular weight is 346 g/mol. The van der Waals surface area contributed by atoms with Crippen molar-refractivity contribution in [2.45, 2.75) is 33.2 Å². The molecule has 0 saturated heterocycles. The Morgan fingerprint density at radius 1 is 1.29 bits per heavy atom. The molecule has 0 fully saturated rings. The highest BCUT2D eigenvalue weighted by Gasteiger charge is 2.22. The number of hydrogen-bond acceptors (Lipinski definition) is 6. The number of nitrogens with zero attached hydrogens (tertiary/aromatic N) is 3. The van der Waals surface area contributed by atoms with Crippen LogP contribution in [0.2, 0.25) is 0 Å². The first-order valence-electron chi connectivity index (χ1n) is 7.69. The first kappa shape index (κ1) is 16.4. The van der Waals surface area contributed by atoms with E-state index in [1.165, 1.54) is 15.9 Å². The number of para-hydroxylation sites is 2. The first-order valence-corrected chi connectivity index (χ1v) is 8.50. The Morgan fingerprint density at radius 3 is 2.79 bits per heavy atom. The van der Waals surface area contributed by atoms with Crippen molar-refractivity contribution in [1.82, 2.24) is 14.8 Å². The zero-order valence-corrected chi connectivity index (χ0v) is 14.5. The average Bonchev–Trinajstić information content (AvgIpc) is 3.08. The number of benzene rings is 1. The fraction of sp³-hybridized carbons (Fsp3) is 0.375. The van der Waals surface area contributed by atoms with Crippen LogP contribution in [-0.2, 0) is 11.2 Å². The summed E-state index contributed by atoms with van der Waals surface area (Å²) in [5.74, 6) is -0.427. The lowest BCUT2D eigenvalue weighted by Gasteiger charge is -2.11. The van der Waals surface area contributed by atoms with Crippen molar-refractivity contribution < 1.29 is 9.21 Å². The van der Waals surface area contributed by atoms with Crippen molar-refractivity contribution >= 4 is 33.5 Å². The normalized spacial score (nSPS) is 12.7. The van der Waals surface area contributed by atoms with Crippen LogP contribution in [0.25, 0.3) is 11.1 Å². The number of amides is 1. The Hall–Kier alpha value is -2.48. The van der Waals surface area contributed by atoms with E-state index in [4.69, 9.17) is 4.42 Å². The summed E-state index contributed by atoms with van der Waals surface area (Å²) in [6.45, 7) is 5.84. The predicted octanol–water partition coefficient (Wildman–Crippen LogP) is 2.84. The Labute approximate surface area is 142 Å². The van der Waals surface area contributed by atoms with E-state index >= 15 is 0 Å². The molecule has 0 aliphatic heterocycles. The van der Waals surface area contributed by atoms with Gasteiger partial charge < -0.3 is 4.42 Å². The highest BCUT2D eigenvalue weighted by atomic mass is 32.1. The molecule has 1 N–H and O–H groups in total. The van der Waals surface area contributed by atoms with Gasteiger partial charge in [-0.25, -0.2) is 4.79 Å². The topological polar surface area (TPSA) is 90.0 Å². The van der Waals surface area contributed by atoms with E-state index in [0.29, 0.717) is 22.1 Å². The number of fused-ring (bicyclic) bond motifs is 1. The summed E-state index contributed by atoms with van der Waals surface area (Å²) in [6, 6.07) is 6.29. The van der Waals surface area contributed by atoms with Gasteiger partial charge in [-0.05, 0) is 25.0 Å². The minimum atomic E-state index is -0.724. The molecule has 8 heteroatoms. The van der Waals surface area contributed by atoms with E-state index in [9.17, 15) is 9.59 Å². The zero-order chi connectivity index (χ0) is 17.3. The van der Waals surface area contributed by atoms with Crippen LogP contribution in [-0.4, -0.2) is 20.7 Å². The van der Waals surface area contributed by atoms with Gasteiger partial charge >= 0.3 is 5.76 Å². The molecule has 0 saturated carbocycles. The molecule has 0 spiro atoms. The second-order valence-corrected chi connectivity index (χ2v) is 7.03. The lowest BCUT2D eigenvalue weighted by molar-refractivity contribution is -0.118. The molecule has 24 heavy (non-hydrogen) atoms. The number of carbonyl (C=O) groups excluding carboxylic acids is 1. The third kappa shape index (κ3) is 3.23. The Kier molecular flexibility index (Phi) is 4.48. The maximum atomic E-state index is 12.5. The van der Waals surface area contributed by atoms with Crippen LogP contribution in [0.1, 0.15) is 31.8 Å². The molecule has 1 amide bonds. The second-order valence-electron chi connectivity index (χ2n) is 5.97. The van der Waals surface area contributed by atoms with Gasteiger partial charge in [0.25, 0.3) is 0 Å². The predicted molar refractivity (Wildman–Crippen MR) is 92.3 cm³/mol. The molecule has 0 aliphatic rings. The smallest absolute Gasteiger partial charge is 0.408 e. The van der Waals surface area contributed by atoms with Gasteiger partial charge in [0.15, 0.2) is 5.58 Å². The Morgan fingerprint density at radius 2 is 2.04 bits per heavy atom. The molecule has 126 valence electrons. The van der Waals surface area contributed by atoms with Crippen LogP contribution in [0, 0.1) is 5.92 Å². The molecular weight excluding hydrogens is 328 g/mol. The summed E-state index contributed by atoms with van der Waals surface area (Å²) < 4.78 is 6.50. The van der Waals surface area contributed by atoms with Crippen LogP contribution < -0.4 is 11.1 Å². The SMILES string of the molecule is CC(C)Cc1nnc(NC(=O)C(C)n2c(=O)oc3ccccc32)s1. The fourth-order valence-electron chi connectivity index (χ4n) is 2.41. The summed E-state index contributed by atoms with van der Waals surface area (Å²) >= 11 is 1.35. The van der Waals surface area contributed by atoms with E-state index in [0.717, 1.165) is 11.4 Å². The Balaban J connectivity index is 1.80. The molecule has 1 aromatic carbocycles. The van der Waals surface area contributed by atoms with E-state index < -0.39 is 11.8 Å². The maximum Gasteiger partial charge on any atom is 0.420 e. The Bertz CT molecular complexity index is 925. The van der Waals surface area contributed by atoms with Gasteiger partial charge in [0.1, 0.15) is 11.0 Å². The number of oxazole rings is 1. The molecule has 2 heterocycles. The molecule has 2 aromatic heterocycles. The van der Waals surface area contributed by atoms with Gasteiger partial charge in [0.05, 0.1) is 5.52 Å². The standard InChI is InChI=1S/C16H18N4O3S/c1-9(2)8-13-18-19-15(24-13)17-14(21)10(3)20-11-6-4-5-7-12(11)23-16(20)22/h4-7,9-10H,8H2,1-3H3,(H,17,19,21). The van der Waals surface area contributed by atoms with Crippen molar-refractivity contribution in [3.63, 3.8) is 0 Å². The highest BCUT2D eigenvalue weighted by Crippen LogP contribution is 2.21. The van der Waals surface area contributed by atoms with Gasteiger partial charge in [0.2, 0.25) is 11.0 Å². The maximum absolute atomic E-state index is 12.5. The number of anilines is 1. The fourth-order valence-corrected chi connectivity index (χ4v) is 3.37. The van der Waals surface area contributed by atoms with Crippen molar-refractivity contribution in [3.05, 3.63) is 39.8 Å². The van der Waals surface area contributed by atoms with Gasteiger partial charge in [-0.2, -0.15) is 0 Å². The van der Waals surface area contributed by atoms with E-state index in [1.54, 1.807) is 31.2 Å². The van der Waals surface area contributed by atoms with Crippen LogP contribution >= 0.6 is 11.3 Å². The number of aromatic nitrogens is 3. The summed E-state index contributed by atoms with van der Waals surface area (Å²) in [6.07, 6.45) is 0.814. The van der Waals surface area contributed by atoms with Crippen molar-refractivity contribution in [2.24, 2.45) is 5.92 Å². The monoisotopic (exact) mass is 346 g/mol. The third-order valence-corrected chi connectivity index (χ3v) is 4.43. The lowest BCUT2D eigenvalue weighted by Crippen LogP contribution is -2.29. The van der Waals surface area contributed by atoms with E-state index in [2.05, 4.69) is 29.4 Å². The van der Waals surface area contributed by atoms with Crippen LogP contribution in [0.4, 0.5) is 5.13 Å². The molecule has 3 aromatic rings. The summed E-state index contributed by atoms with van der Waals surface area (Å²) in [7, 11) is 0. The van der Waals surface area contributed by atoms with E-state index in [1.807, 2.05) is 0 Å². The number of nitrogens with one attached hydrogen (secondary N) is 1.